The second kappa shape index (κ2) is 8.85. The molecule has 4 aromatic carbocycles. The zero-order valence-electron chi connectivity index (χ0n) is 17.3. The summed E-state index contributed by atoms with van der Waals surface area (Å²) in [6.07, 6.45) is 1.90. The van der Waals surface area contributed by atoms with Gasteiger partial charge < -0.3 is 9.47 Å². The fourth-order valence-corrected chi connectivity index (χ4v) is 5.44. The van der Waals surface area contributed by atoms with Crippen molar-refractivity contribution in [2.24, 2.45) is 0 Å². The molecule has 0 aromatic heterocycles. The van der Waals surface area contributed by atoms with E-state index in [1.165, 1.54) is 22.5 Å². The second-order valence-electron chi connectivity index (χ2n) is 7.40. The number of thioether (sulfide) groups is 1. The predicted molar refractivity (Wildman–Crippen MR) is 134 cm³/mol. The Morgan fingerprint density at radius 2 is 1.75 bits per heavy atom. The molecular weight excluding hydrogens is 484 g/mol. The Balaban J connectivity index is 1.42. The molecule has 1 heterocycles. The number of hydrogen-bond donors (Lipinski definition) is 0. The van der Waals surface area contributed by atoms with Crippen molar-refractivity contribution in [3.63, 3.8) is 0 Å². The minimum atomic E-state index is 0.0528. The number of fused-ring (bicyclic) bond motifs is 2. The predicted octanol–water partition coefficient (Wildman–Crippen LogP) is 7.52. The van der Waals surface area contributed by atoms with Gasteiger partial charge >= 0.3 is 0 Å². The molecule has 3 nitrogen and oxygen atoms in total. The maximum Gasteiger partial charge on any atom is 0.200 e. The summed E-state index contributed by atoms with van der Waals surface area (Å²) in [5.74, 6) is 1.30. The first kappa shape index (κ1) is 20.9. The molecule has 0 N–H and O–H groups in total. The fourth-order valence-electron chi connectivity index (χ4n) is 3.82. The van der Waals surface area contributed by atoms with Gasteiger partial charge in [0.05, 0.1) is 16.5 Å². The lowest BCUT2D eigenvalue weighted by Gasteiger charge is -2.15. The van der Waals surface area contributed by atoms with E-state index in [4.69, 9.17) is 9.47 Å². The molecule has 5 rings (SSSR count). The van der Waals surface area contributed by atoms with Gasteiger partial charge in [0, 0.05) is 10.5 Å². The summed E-state index contributed by atoms with van der Waals surface area (Å²) in [6.45, 7) is 0.417. The van der Waals surface area contributed by atoms with Crippen molar-refractivity contribution >= 4 is 50.3 Å². The second-order valence-corrected chi connectivity index (χ2v) is 9.34. The summed E-state index contributed by atoms with van der Waals surface area (Å²) in [5.41, 5.74) is 2.73. The van der Waals surface area contributed by atoms with Crippen molar-refractivity contribution in [2.75, 3.05) is 7.11 Å². The molecule has 0 saturated heterocycles. The third kappa shape index (κ3) is 3.94. The number of methoxy groups -OCH3 is 1. The number of Topliss-reactive ketones (excluding diaryl/α,β-unsaturated/α-hetero) is 1. The van der Waals surface area contributed by atoms with Gasteiger partial charge in [0.2, 0.25) is 5.78 Å². The lowest BCUT2D eigenvalue weighted by Crippen LogP contribution is -2.00. The third-order valence-corrected chi connectivity index (χ3v) is 7.06. The van der Waals surface area contributed by atoms with Crippen LogP contribution in [0.15, 0.2) is 93.1 Å². The van der Waals surface area contributed by atoms with Crippen LogP contribution >= 0.6 is 27.7 Å². The van der Waals surface area contributed by atoms with Crippen molar-refractivity contribution in [3.05, 3.63) is 105 Å². The molecule has 4 aromatic rings. The molecule has 1 aliphatic rings. The van der Waals surface area contributed by atoms with E-state index in [2.05, 4.69) is 40.2 Å². The Bertz CT molecular complexity index is 1370. The van der Waals surface area contributed by atoms with Crippen molar-refractivity contribution < 1.29 is 14.3 Å². The summed E-state index contributed by atoms with van der Waals surface area (Å²) in [5, 5.41) is 2.35. The van der Waals surface area contributed by atoms with Gasteiger partial charge in [-0.3, -0.25) is 4.79 Å². The highest BCUT2D eigenvalue weighted by Crippen LogP contribution is 2.42. The van der Waals surface area contributed by atoms with Gasteiger partial charge in [-0.15, -0.1) is 0 Å². The SMILES string of the molecule is COc1cc(/C=C2\Sc3ccccc3C2=O)cc(Br)c1OCc1cccc2ccccc12. The van der Waals surface area contributed by atoms with Crippen LogP contribution < -0.4 is 9.47 Å². The Morgan fingerprint density at radius 1 is 0.969 bits per heavy atom. The molecule has 0 bridgehead atoms. The van der Waals surface area contributed by atoms with Gasteiger partial charge in [0.25, 0.3) is 0 Å². The number of allylic oxidation sites excluding steroid dienone is 1. The summed E-state index contributed by atoms with van der Waals surface area (Å²) in [7, 11) is 1.62. The maximum atomic E-state index is 12.7. The van der Waals surface area contributed by atoms with E-state index in [0.29, 0.717) is 23.0 Å². The molecule has 0 atom stereocenters. The number of rotatable bonds is 5. The largest absolute Gasteiger partial charge is 0.493 e. The Kier molecular flexibility index (Phi) is 5.77. The zero-order chi connectivity index (χ0) is 22.1. The minimum absolute atomic E-state index is 0.0528. The molecule has 32 heavy (non-hydrogen) atoms. The highest BCUT2D eigenvalue weighted by atomic mass is 79.9. The first-order valence-electron chi connectivity index (χ1n) is 10.1. The molecule has 0 aliphatic carbocycles. The number of carbonyl (C=O) groups is 1. The summed E-state index contributed by atoms with van der Waals surface area (Å²) < 4.78 is 12.6. The average Bonchev–Trinajstić information content (AvgIpc) is 3.13. The van der Waals surface area contributed by atoms with Crippen molar-refractivity contribution in [1.29, 1.82) is 0 Å². The van der Waals surface area contributed by atoms with Crippen LogP contribution in [0.5, 0.6) is 11.5 Å². The van der Waals surface area contributed by atoms with Crippen molar-refractivity contribution in [1.82, 2.24) is 0 Å². The van der Waals surface area contributed by atoms with Gasteiger partial charge in [-0.2, -0.15) is 0 Å². The van der Waals surface area contributed by atoms with Gasteiger partial charge in [-0.25, -0.2) is 0 Å². The normalized spacial score (nSPS) is 14.1. The van der Waals surface area contributed by atoms with E-state index in [9.17, 15) is 4.79 Å². The first-order valence-corrected chi connectivity index (χ1v) is 11.8. The van der Waals surface area contributed by atoms with Crippen LogP contribution in [0.25, 0.3) is 16.8 Å². The molecule has 1 aliphatic heterocycles. The van der Waals surface area contributed by atoms with E-state index in [0.717, 1.165) is 26.1 Å². The van der Waals surface area contributed by atoms with Crippen LogP contribution in [0.1, 0.15) is 21.5 Å². The molecule has 0 unspecified atom stereocenters. The molecule has 0 fully saturated rings. The summed E-state index contributed by atoms with van der Waals surface area (Å²) in [4.78, 5) is 14.4. The lowest BCUT2D eigenvalue weighted by molar-refractivity contribution is 0.104. The van der Waals surface area contributed by atoms with E-state index in [1.54, 1.807) is 7.11 Å². The van der Waals surface area contributed by atoms with Crippen LogP contribution in [-0.2, 0) is 6.61 Å². The lowest BCUT2D eigenvalue weighted by atomic mass is 10.1. The monoisotopic (exact) mass is 502 g/mol. The van der Waals surface area contributed by atoms with Gasteiger partial charge in [-0.05, 0) is 68.2 Å². The van der Waals surface area contributed by atoms with E-state index in [-0.39, 0.29) is 5.78 Å². The average molecular weight is 503 g/mol. The standard InChI is InChI=1S/C27H19BrO3S/c1-30-23-14-17(15-25-26(29)21-11-4-5-12-24(21)32-25)13-22(28)27(23)31-16-19-9-6-8-18-7-2-3-10-20(18)19/h2-15H,16H2,1H3/b25-15-. The van der Waals surface area contributed by atoms with Crippen LogP contribution in [-0.4, -0.2) is 12.9 Å². The highest BCUT2D eigenvalue weighted by molar-refractivity contribution is 9.10. The Hall–Kier alpha value is -3.02. The van der Waals surface area contributed by atoms with E-state index in [1.807, 2.05) is 60.7 Å². The zero-order valence-corrected chi connectivity index (χ0v) is 19.7. The molecule has 0 spiro atoms. The van der Waals surface area contributed by atoms with E-state index >= 15 is 0 Å². The van der Waals surface area contributed by atoms with Crippen LogP contribution in [0.4, 0.5) is 0 Å². The number of halogens is 1. The Labute approximate surface area is 199 Å². The van der Waals surface area contributed by atoms with Crippen molar-refractivity contribution in [2.45, 2.75) is 11.5 Å². The molecule has 0 saturated carbocycles. The first-order chi connectivity index (χ1) is 15.6. The van der Waals surface area contributed by atoms with Crippen LogP contribution in [0.2, 0.25) is 0 Å². The minimum Gasteiger partial charge on any atom is -0.493 e. The molecule has 5 heteroatoms. The fraction of sp³-hybridized carbons (Fsp3) is 0.0741. The summed E-state index contributed by atoms with van der Waals surface area (Å²) >= 11 is 5.12. The topological polar surface area (TPSA) is 35.5 Å². The van der Waals surface area contributed by atoms with Gasteiger partial charge in [-0.1, -0.05) is 66.4 Å². The maximum absolute atomic E-state index is 12.7. The third-order valence-electron chi connectivity index (χ3n) is 5.38. The molecule has 0 amide bonds. The van der Waals surface area contributed by atoms with Gasteiger partial charge in [0.1, 0.15) is 6.61 Å². The number of benzene rings is 4. The Morgan fingerprint density at radius 3 is 2.59 bits per heavy atom. The molecular formula is C27H19BrO3S. The van der Waals surface area contributed by atoms with Crippen LogP contribution in [0.3, 0.4) is 0 Å². The van der Waals surface area contributed by atoms with Crippen molar-refractivity contribution in [3.8, 4) is 11.5 Å². The number of carbonyl (C=O) groups excluding carboxylic acids is 1. The number of hydrogen-bond acceptors (Lipinski definition) is 4. The summed E-state index contributed by atoms with van der Waals surface area (Å²) in [6, 6.07) is 26.0. The van der Waals surface area contributed by atoms with Gasteiger partial charge in [0.15, 0.2) is 11.5 Å². The highest BCUT2D eigenvalue weighted by Gasteiger charge is 2.25. The quantitative estimate of drug-likeness (QED) is 0.264. The van der Waals surface area contributed by atoms with E-state index < -0.39 is 0 Å². The molecule has 0 radical (unpaired) electrons. The smallest absolute Gasteiger partial charge is 0.200 e. The van der Waals surface area contributed by atoms with Crippen LogP contribution in [0, 0.1) is 0 Å². The number of ketones is 1. The number of ether oxygens (including phenoxy) is 2. The molecule has 158 valence electrons.